The molecule has 0 aromatic carbocycles. The zero-order valence-electron chi connectivity index (χ0n) is 17.0. The first-order chi connectivity index (χ1) is 14.0. The molecule has 0 atom stereocenters. The molecule has 3 aromatic rings. The smallest absolute Gasteiger partial charge is 0.303 e. The van der Waals surface area contributed by atoms with Crippen LogP contribution in [-0.4, -0.2) is 45.2 Å². The Balaban J connectivity index is 2.07. The third kappa shape index (κ3) is 5.00. The van der Waals surface area contributed by atoms with Crippen molar-refractivity contribution in [1.82, 2.24) is 25.1 Å². The summed E-state index contributed by atoms with van der Waals surface area (Å²) in [6, 6.07) is 3.12. The van der Waals surface area contributed by atoms with Crippen LogP contribution in [0.25, 0.3) is 10.6 Å². The highest BCUT2D eigenvalue weighted by atomic mass is 32.1. The highest BCUT2D eigenvalue weighted by Crippen LogP contribution is 2.35. The maximum atomic E-state index is 13.8. The molecule has 1 amide bonds. The second-order valence-electron chi connectivity index (χ2n) is 6.81. The number of amides is 1. The van der Waals surface area contributed by atoms with E-state index in [0.717, 1.165) is 6.92 Å². The van der Waals surface area contributed by atoms with Crippen molar-refractivity contribution in [2.24, 2.45) is 0 Å². The van der Waals surface area contributed by atoms with Gasteiger partial charge in [-0.1, -0.05) is 11.3 Å². The summed E-state index contributed by atoms with van der Waals surface area (Å²) in [4.78, 5) is 25.2. The van der Waals surface area contributed by atoms with E-state index in [2.05, 4.69) is 35.8 Å². The van der Waals surface area contributed by atoms with Crippen LogP contribution in [0, 0.1) is 6.92 Å². The molecule has 2 N–H and O–H groups in total. The minimum atomic E-state index is -3.19. The number of rotatable bonds is 6. The van der Waals surface area contributed by atoms with E-state index >= 15 is 0 Å². The Morgan fingerprint density at radius 3 is 2.50 bits per heavy atom. The fourth-order valence-corrected chi connectivity index (χ4v) is 3.24. The Morgan fingerprint density at radius 2 is 1.90 bits per heavy atom. The molecule has 0 aliphatic heterocycles. The molecule has 0 saturated heterocycles. The van der Waals surface area contributed by atoms with Gasteiger partial charge in [-0.05, 0) is 6.92 Å². The highest BCUT2D eigenvalue weighted by molar-refractivity contribution is 7.18. The van der Waals surface area contributed by atoms with Crippen LogP contribution in [-0.2, 0) is 10.7 Å². The minimum absolute atomic E-state index is 0.178. The first-order valence-corrected chi connectivity index (χ1v) is 9.64. The van der Waals surface area contributed by atoms with Crippen molar-refractivity contribution in [2.45, 2.75) is 26.7 Å². The summed E-state index contributed by atoms with van der Waals surface area (Å²) in [5, 5.41) is 15.2. The summed E-state index contributed by atoms with van der Waals surface area (Å²) in [7, 11) is 3.69. The van der Waals surface area contributed by atoms with Gasteiger partial charge in [0, 0.05) is 52.0 Å². The average molecular weight is 434 g/mol. The van der Waals surface area contributed by atoms with Crippen LogP contribution in [0.3, 0.4) is 0 Å². The molecule has 3 rings (SSSR count). The monoisotopic (exact) mass is 434 g/mol. The van der Waals surface area contributed by atoms with Gasteiger partial charge < -0.3 is 15.5 Å². The normalized spacial score (nSPS) is 11.3. The number of carbonyl (C=O) groups excluding carboxylic acids is 1. The predicted octanol–water partition coefficient (Wildman–Crippen LogP) is 3.58. The first-order valence-electron chi connectivity index (χ1n) is 8.83. The Morgan fingerprint density at radius 1 is 1.17 bits per heavy atom. The number of nitrogens with zero attached hydrogens (tertiary/aromatic N) is 6. The Bertz CT molecular complexity index is 1080. The molecule has 3 heterocycles. The van der Waals surface area contributed by atoms with Gasteiger partial charge in [-0.25, -0.2) is 15.0 Å². The molecular formula is C18H20F2N8OS. The molecule has 9 nitrogen and oxygen atoms in total. The topological polar surface area (TPSA) is 109 Å². The van der Waals surface area contributed by atoms with Gasteiger partial charge in [0.05, 0.1) is 11.3 Å². The van der Waals surface area contributed by atoms with Crippen molar-refractivity contribution in [2.75, 3.05) is 29.6 Å². The zero-order chi connectivity index (χ0) is 22.1. The quantitative estimate of drug-likeness (QED) is 0.606. The van der Waals surface area contributed by atoms with Crippen molar-refractivity contribution in [3.05, 3.63) is 29.8 Å². The molecule has 0 radical (unpaired) electrons. The van der Waals surface area contributed by atoms with Crippen molar-refractivity contribution in [3.8, 4) is 10.6 Å². The van der Waals surface area contributed by atoms with E-state index in [-0.39, 0.29) is 17.5 Å². The third-order valence-corrected chi connectivity index (χ3v) is 4.87. The second-order valence-corrected chi connectivity index (χ2v) is 7.77. The van der Waals surface area contributed by atoms with Crippen LogP contribution in [0.4, 0.5) is 31.2 Å². The molecule has 0 aliphatic carbocycles. The van der Waals surface area contributed by atoms with Crippen molar-refractivity contribution >= 4 is 39.7 Å². The second kappa shape index (κ2) is 8.22. The van der Waals surface area contributed by atoms with Crippen molar-refractivity contribution in [1.29, 1.82) is 0 Å². The fraction of sp³-hybridized carbons (Fsp3) is 0.333. The van der Waals surface area contributed by atoms with Gasteiger partial charge in [-0.2, -0.15) is 8.78 Å². The summed E-state index contributed by atoms with van der Waals surface area (Å²) in [5.74, 6) is -3.60. The first kappa shape index (κ1) is 21.4. The van der Waals surface area contributed by atoms with Gasteiger partial charge in [-0.3, -0.25) is 4.79 Å². The molecule has 0 bridgehead atoms. The molecule has 0 fully saturated rings. The predicted molar refractivity (Wildman–Crippen MR) is 111 cm³/mol. The van der Waals surface area contributed by atoms with Crippen LogP contribution >= 0.6 is 11.3 Å². The lowest BCUT2D eigenvalue weighted by atomic mass is 10.2. The summed E-state index contributed by atoms with van der Waals surface area (Å²) < 4.78 is 27.5. The molecule has 12 heteroatoms. The average Bonchev–Trinajstić information content (AvgIpc) is 3.10. The largest absolute Gasteiger partial charge is 0.353 e. The van der Waals surface area contributed by atoms with Gasteiger partial charge in [0.25, 0.3) is 0 Å². The number of aromatic nitrogens is 5. The van der Waals surface area contributed by atoms with E-state index in [9.17, 15) is 13.6 Å². The van der Waals surface area contributed by atoms with Gasteiger partial charge in [0.15, 0.2) is 5.01 Å². The Kier molecular flexibility index (Phi) is 5.87. The molecule has 0 spiro atoms. The molecule has 0 saturated carbocycles. The minimum Gasteiger partial charge on any atom is -0.353 e. The number of anilines is 4. The summed E-state index contributed by atoms with van der Waals surface area (Å²) in [6.07, 6.45) is 1.52. The zero-order valence-corrected chi connectivity index (χ0v) is 17.8. The molecule has 0 aliphatic rings. The van der Waals surface area contributed by atoms with Crippen LogP contribution in [0.15, 0.2) is 18.3 Å². The molecular weight excluding hydrogens is 414 g/mol. The van der Waals surface area contributed by atoms with Gasteiger partial charge >= 0.3 is 5.92 Å². The molecule has 30 heavy (non-hydrogen) atoms. The fourth-order valence-electron chi connectivity index (χ4n) is 2.45. The van der Waals surface area contributed by atoms with Crippen LogP contribution in [0.2, 0.25) is 0 Å². The lowest BCUT2D eigenvalue weighted by molar-refractivity contribution is -0.114. The van der Waals surface area contributed by atoms with E-state index < -0.39 is 11.7 Å². The number of pyridine rings is 1. The van der Waals surface area contributed by atoms with Gasteiger partial charge in [0.1, 0.15) is 11.6 Å². The number of halogens is 2. The van der Waals surface area contributed by atoms with E-state index in [4.69, 9.17) is 0 Å². The number of aryl methyl sites for hydroxylation is 1. The molecule has 158 valence electrons. The van der Waals surface area contributed by atoms with E-state index in [0.29, 0.717) is 27.1 Å². The van der Waals surface area contributed by atoms with E-state index in [1.165, 1.54) is 24.5 Å². The summed E-state index contributed by atoms with van der Waals surface area (Å²) in [6.45, 7) is 3.70. The number of hydrogen-bond acceptors (Lipinski definition) is 9. The number of hydrogen-bond donors (Lipinski definition) is 2. The summed E-state index contributed by atoms with van der Waals surface area (Å²) in [5.41, 5.74) is 1.43. The van der Waals surface area contributed by atoms with Crippen molar-refractivity contribution in [3.63, 3.8) is 0 Å². The third-order valence-electron chi connectivity index (χ3n) is 3.74. The standard InChI is InChI=1S/C18H20F2N8OS/c1-9-6-14(25-16(22-9)18(3,19)20)24-12-7-13(23-10(2)29)21-8-11(12)15-26-27-17(30-15)28(4)5/h6-8H,1-5H3,(H2,21,22,23,24,25,29). The lowest BCUT2D eigenvalue weighted by Gasteiger charge is -2.14. The van der Waals surface area contributed by atoms with Crippen LogP contribution in [0.1, 0.15) is 25.4 Å². The highest BCUT2D eigenvalue weighted by Gasteiger charge is 2.29. The SMILES string of the molecule is CC(=O)Nc1cc(Nc2cc(C)nc(C(C)(F)F)n2)c(-c2nnc(N(C)C)s2)cn1. The van der Waals surface area contributed by atoms with Crippen LogP contribution in [0.5, 0.6) is 0 Å². The van der Waals surface area contributed by atoms with E-state index in [1.54, 1.807) is 19.1 Å². The van der Waals surface area contributed by atoms with Gasteiger partial charge in [0.2, 0.25) is 16.9 Å². The van der Waals surface area contributed by atoms with Crippen molar-refractivity contribution < 1.29 is 13.6 Å². The van der Waals surface area contributed by atoms with Crippen LogP contribution < -0.4 is 15.5 Å². The molecule has 3 aromatic heterocycles. The Hall–Kier alpha value is -3.28. The number of carbonyl (C=O) groups is 1. The number of alkyl halides is 2. The molecule has 0 unspecified atom stereocenters. The Labute approximate surface area is 175 Å². The summed E-state index contributed by atoms with van der Waals surface area (Å²) >= 11 is 1.33. The van der Waals surface area contributed by atoms with Gasteiger partial charge in [-0.15, -0.1) is 10.2 Å². The number of nitrogens with one attached hydrogen (secondary N) is 2. The maximum absolute atomic E-state index is 13.8. The van der Waals surface area contributed by atoms with E-state index in [1.807, 2.05) is 19.0 Å². The lowest BCUT2D eigenvalue weighted by Crippen LogP contribution is -2.14. The maximum Gasteiger partial charge on any atom is 0.303 e.